The first-order chi connectivity index (χ1) is 5.81. The van der Waals surface area contributed by atoms with Crippen LogP contribution in [-0.2, 0) is 14.8 Å². The minimum Gasteiger partial charge on any atom is -0.273 e. The van der Waals surface area contributed by atoms with Crippen molar-refractivity contribution in [2.45, 2.75) is 12.5 Å². The lowest BCUT2D eigenvalue weighted by atomic mass is 10.4. The van der Waals surface area contributed by atoms with Crippen LogP contribution >= 0.6 is 0 Å². The van der Waals surface area contributed by atoms with Gasteiger partial charge in [-0.3, -0.25) is 19.6 Å². The Balaban J connectivity index is 2.50. The molecule has 2 atom stereocenters. The van der Waals surface area contributed by atoms with Crippen LogP contribution in [0.15, 0.2) is 0 Å². The first kappa shape index (κ1) is 9.90. The number of carbonyl (C=O) groups excluding carboxylic acids is 1. The molecule has 0 bridgehead atoms. The van der Waals surface area contributed by atoms with Crippen molar-refractivity contribution in [1.82, 2.24) is 4.72 Å². The molecule has 1 fully saturated rings. The third-order valence-electron chi connectivity index (χ3n) is 1.65. The van der Waals surface area contributed by atoms with Gasteiger partial charge in [-0.1, -0.05) is 0 Å². The predicted octanol–water partition coefficient (Wildman–Crippen LogP) is -1.27. The van der Waals surface area contributed by atoms with E-state index in [4.69, 9.17) is 0 Å². The van der Waals surface area contributed by atoms with Crippen LogP contribution < -0.4 is 4.72 Å². The molecule has 1 rings (SSSR count). The van der Waals surface area contributed by atoms with Crippen LogP contribution in [0, 0.1) is 16.0 Å². The molecule has 0 heterocycles. The van der Waals surface area contributed by atoms with Crippen LogP contribution in [0.5, 0.6) is 0 Å². The van der Waals surface area contributed by atoms with Crippen LogP contribution in [-0.4, -0.2) is 31.5 Å². The highest BCUT2D eigenvalue weighted by molar-refractivity contribution is 7.89. The van der Waals surface area contributed by atoms with Gasteiger partial charge < -0.3 is 0 Å². The van der Waals surface area contributed by atoms with E-state index in [-0.39, 0.29) is 6.42 Å². The summed E-state index contributed by atoms with van der Waals surface area (Å²) in [5.74, 6) is -1.58. The molecule has 2 unspecified atom stereocenters. The standard InChI is InChI=1S/C5H8N2O5S/c1-13(11,12)6-5(8)3-2-4(3)7(9)10/h3-4H,2H2,1H3,(H,6,8). The van der Waals surface area contributed by atoms with Crippen molar-refractivity contribution >= 4 is 15.9 Å². The molecule has 7 nitrogen and oxygen atoms in total. The second-order valence-corrected chi connectivity index (χ2v) is 4.68. The third kappa shape index (κ3) is 2.65. The Morgan fingerprint density at radius 1 is 1.62 bits per heavy atom. The normalized spacial score (nSPS) is 26.5. The number of hydrogen-bond donors (Lipinski definition) is 1. The largest absolute Gasteiger partial charge is 0.273 e. The maximum atomic E-state index is 10.9. The summed E-state index contributed by atoms with van der Waals surface area (Å²) in [5, 5.41) is 10.1. The van der Waals surface area contributed by atoms with E-state index in [9.17, 15) is 23.3 Å². The molecule has 1 N–H and O–H groups in total. The van der Waals surface area contributed by atoms with Gasteiger partial charge in [0.05, 0.1) is 6.26 Å². The molecule has 0 radical (unpaired) electrons. The number of nitro groups is 1. The van der Waals surface area contributed by atoms with Gasteiger partial charge in [0.1, 0.15) is 5.92 Å². The summed E-state index contributed by atoms with van der Waals surface area (Å²) in [5.41, 5.74) is 0. The Labute approximate surface area is 74.3 Å². The van der Waals surface area contributed by atoms with Crippen molar-refractivity contribution < 1.29 is 18.1 Å². The molecule has 1 amide bonds. The number of carbonyl (C=O) groups is 1. The molecular formula is C5H8N2O5S. The van der Waals surface area contributed by atoms with Crippen molar-refractivity contribution in [2.24, 2.45) is 5.92 Å². The highest BCUT2D eigenvalue weighted by atomic mass is 32.2. The lowest BCUT2D eigenvalue weighted by molar-refractivity contribution is -0.497. The van der Waals surface area contributed by atoms with E-state index >= 15 is 0 Å². The predicted molar refractivity (Wildman–Crippen MR) is 41.9 cm³/mol. The average molecular weight is 208 g/mol. The Morgan fingerprint density at radius 2 is 2.15 bits per heavy atom. The van der Waals surface area contributed by atoms with Gasteiger partial charge in [0.15, 0.2) is 0 Å². The number of sulfonamides is 1. The number of rotatable bonds is 3. The highest BCUT2D eigenvalue weighted by Crippen LogP contribution is 2.33. The molecule has 0 aromatic heterocycles. The van der Waals surface area contributed by atoms with Crippen molar-refractivity contribution in [3.63, 3.8) is 0 Å². The summed E-state index contributed by atoms with van der Waals surface area (Å²) in [4.78, 5) is 20.5. The van der Waals surface area contributed by atoms with Gasteiger partial charge in [-0.15, -0.1) is 0 Å². The summed E-state index contributed by atoms with van der Waals surface area (Å²) in [6.07, 6.45) is 0.947. The highest BCUT2D eigenvalue weighted by Gasteiger charge is 2.53. The number of hydrogen-bond acceptors (Lipinski definition) is 5. The fraction of sp³-hybridized carbons (Fsp3) is 0.800. The van der Waals surface area contributed by atoms with E-state index in [1.807, 2.05) is 0 Å². The van der Waals surface area contributed by atoms with Gasteiger partial charge in [0.2, 0.25) is 22.0 Å². The van der Waals surface area contributed by atoms with Crippen molar-refractivity contribution in [1.29, 1.82) is 0 Å². The molecule has 74 valence electrons. The Morgan fingerprint density at radius 3 is 2.46 bits per heavy atom. The SMILES string of the molecule is CS(=O)(=O)NC(=O)C1CC1[N+](=O)[O-]. The second kappa shape index (κ2) is 2.95. The summed E-state index contributed by atoms with van der Waals surface area (Å²) in [6, 6.07) is -0.915. The van der Waals surface area contributed by atoms with Gasteiger partial charge in [-0.05, 0) is 0 Å². The first-order valence-electron chi connectivity index (χ1n) is 3.46. The fourth-order valence-electron chi connectivity index (χ4n) is 0.955. The van der Waals surface area contributed by atoms with E-state index in [1.165, 1.54) is 0 Å². The Hall–Kier alpha value is -1.18. The molecule has 1 aliphatic rings. The molecular weight excluding hydrogens is 200 g/mol. The van der Waals surface area contributed by atoms with Gasteiger partial charge >= 0.3 is 0 Å². The zero-order chi connectivity index (χ0) is 10.2. The molecule has 1 aliphatic carbocycles. The van der Waals surface area contributed by atoms with Crippen LogP contribution in [0.4, 0.5) is 0 Å². The van der Waals surface area contributed by atoms with E-state index < -0.39 is 32.8 Å². The van der Waals surface area contributed by atoms with Crippen LogP contribution in [0.1, 0.15) is 6.42 Å². The Kier molecular flexibility index (Phi) is 2.24. The van der Waals surface area contributed by atoms with Gasteiger partial charge in [-0.25, -0.2) is 8.42 Å². The quantitative estimate of drug-likeness (QED) is 0.459. The number of nitrogens with zero attached hydrogens (tertiary/aromatic N) is 1. The fourth-order valence-corrected chi connectivity index (χ4v) is 1.47. The van der Waals surface area contributed by atoms with Gasteiger partial charge in [-0.2, -0.15) is 0 Å². The maximum absolute atomic E-state index is 10.9. The minimum atomic E-state index is -3.60. The van der Waals surface area contributed by atoms with Crippen molar-refractivity contribution in [3.8, 4) is 0 Å². The summed E-state index contributed by atoms with van der Waals surface area (Å²) < 4.78 is 22.8. The number of nitrogens with one attached hydrogen (secondary N) is 1. The van der Waals surface area contributed by atoms with Gasteiger partial charge in [0, 0.05) is 11.3 Å². The molecule has 0 saturated heterocycles. The molecule has 0 aromatic rings. The summed E-state index contributed by atoms with van der Waals surface area (Å²) >= 11 is 0. The zero-order valence-corrected chi connectivity index (χ0v) is 7.58. The van der Waals surface area contributed by atoms with Crippen molar-refractivity contribution in [2.75, 3.05) is 6.26 Å². The average Bonchev–Trinajstić information content (AvgIpc) is 2.58. The van der Waals surface area contributed by atoms with E-state index in [0.29, 0.717) is 0 Å². The van der Waals surface area contributed by atoms with Crippen LogP contribution in [0.3, 0.4) is 0 Å². The van der Waals surface area contributed by atoms with E-state index in [1.54, 1.807) is 4.72 Å². The molecule has 1 saturated carbocycles. The lowest BCUT2D eigenvalue weighted by Gasteiger charge is -1.98. The van der Waals surface area contributed by atoms with Crippen LogP contribution in [0.25, 0.3) is 0 Å². The van der Waals surface area contributed by atoms with E-state index in [0.717, 1.165) is 6.26 Å². The second-order valence-electron chi connectivity index (χ2n) is 2.93. The third-order valence-corrected chi connectivity index (χ3v) is 2.22. The molecule has 0 aromatic carbocycles. The molecule has 0 aliphatic heterocycles. The molecule has 13 heavy (non-hydrogen) atoms. The lowest BCUT2D eigenvalue weighted by Crippen LogP contribution is -2.32. The minimum absolute atomic E-state index is 0.119. The van der Waals surface area contributed by atoms with Crippen LogP contribution in [0.2, 0.25) is 0 Å². The smallest absolute Gasteiger partial charge is 0.243 e. The van der Waals surface area contributed by atoms with E-state index in [2.05, 4.69) is 0 Å². The van der Waals surface area contributed by atoms with Gasteiger partial charge in [0.25, 0.3) is 0 Å². The maximum Gasteiger partial charge on any atom is 0.243 e. The summed E-state index contributed by atoms with van der Waals surface area (Å²) in [7, 11) is -3.60. The monoisotopic (exact) mass is 208 g/mol. The topological polar surface area (TPSA) is 106 Å². The Bertz CT molecular complexity index is 348. The van der Waals surface area contributed by atoms with Crippen molar-refractivity contribution in [3.05, 3.63) is 10.1 Å². The molecule has 8 heteroatoms. The zero-order valence-electron chi connectivity index (χ0n) is 6.76. The molecule has 0 spiro atoms. The first-order valence-corrected chi connectivity index (χ1v) is 5.35. The number of amides is 1. The summed E-state index contributed by atoms with van der Waals surface area (Å²) in [6.45, 7) is 0.